The highest BCUT2D eigenvalue weighted by Gasteiger charge is 2.36. The fraction of sp³-hybridized carbons (Fsp3) is 0.529. The van der Waals surface area contributed by atoms with E-state index in [0.717, 1.165) is 12.8 Å². The first kappa shape index (κ1) is 15.5. The number of amides is 1. The molecule has 4 nitrogen and oxygen atoms in total. The average Bonchev–Trinajstić information content (AvgIpc) is 2.95. The minimum Gasteiger partial charge on any atom is -0.493 e. The second-order valence-electron chi connectivity index (χ2n) is 5.64. The van der Waals surface area contributed by atoms with Gasteiger partial charge < -0.3 is 9.64 Å². The van der Waals surface area contributed by atoms with E-state index in [9.17, 15) is 9.59 Å². The topological polar surface area (TPSA) is 46.6 Å². The smallest absolute Gasteiger partial charge is 0.258 e. The molecule has 21 heavy (non-hydrogen) atoms. The number of ether oxygens (including phenoxy) is 1. The summed E-state index contributed by atoms with van der Waals surface area (Å²) < 4.78 is 5.53. The van der Waals surface area contributed by atoms with Crippen molar-refractivity contribution in [1.29, 1.82) is 0 Å². The second kappa shape index (κ2) is 6.74. The Kier molecular flexibility index (Phi) is 4.99. The van der Waals surface area contributed by atoms with E-state index in [-0.39, 0.29) is 23.7 Å². The first-order chi connectivity index (χ1) is 10.1. The highest BCUT2D eigenvalue weighted by Crippen LogP contribution is 2.26. The van der Waals surface area contributed by atoms with Crippen molar-refractivity contribution in [3.63, 3.8) is 0 Å². The molecular formula is C17H23NO3. The molecule has 0 saturated carbocycles. The molecule has 1 aromatic rings. The maximum Gasteiger partial charge on any atom is 0.258 e. The molecule has 0 aliphatic carbocycles. The van der Waals surface area contributed by atoms with E-state index in [0.29, 0.717) is 24.5 Å². The Balaban J connectivity index is 2.25. The lowest BCUT2D eigenvalue weighted by Gasteiger charge is -2.25. The van der Waals surface area contributed by atoms with Crippen LogP contribution in [0.15, 0.2) is 24.3 Å². The standard InChI is InChI=1S/C17H23NO3/c1-4-21-15-10-6-5-8-13(15)17(20)18-11-7-9-14(18)16(19)12(2)3/h5-6,8,10,12,14H,4,7,9,11H2,1-3H3/t14-/m0/s1. The van der Waals surface area contributed by atoms with Crippen LogP contribution in [0.3, 0.4) is 0 Å². The van der Waals surface area contributed by atoms with Gasteiger partial charge in [0.1, 0.15) is 5.75 Å². The van der Waals surface area contributed by atoms with Gasteiger partial charge in [-0.3, -0.25) is 9.59 Å². The van der Waals surface area contributed by atoms with E-state index in [1.165, 1.54) is 0 Å². The molecular weight excluding hydrogens is 266 g/mol. The van der Waals surface area contributed by atoms with Crippen LogP contribution < -0.4 is 4.74 Å². The summed E-state index contributed by atoms with van der Waals surface area (Å²) in [6.45, 7) is 6.82. The first-order valence-corrected chi connectivity index (χ1v) is 7.62. The van der Waals surface area contributed by atoms with Crippen molar-refractivity contribution in [2.75, 3.05) is 13.2 Å². The summed E-state index contributed by atoms with van der Waals surface area (Å²) >= 11 is 0. The van der Waals surface area contributed by atoms with Gasteiger partial charge in [0.25, 0.3) is 5.91 Å². The lowest BCUT2D eigenvalue weighted by atomic mass is 9.99. The van der Waals surface area contributed by atoms with Crippen LogP contribution in [0.1, 0.15) is 44.0 Å². The molecule has 1 heterocycles. The maximum absolute atomic E-state index is 12.8. The fourth-order valence-electron chi connectivity index (χ4n) is 2.77. The highest BCUT2D eigenvalue weighted by molar-refractivity contribution is 6.00. The maximum atomic E-state index is 12.8. The Morgan fingerprint density at radius 2 is 2.05 bits per heavy atom. The Morgan fingerprint density at radius 3 is 2.71 bits per heavy atom. The summed E-state index contributed by atoms with van der Waals surface area (Å²) in [6.07, 6.45) is 1.64. The van der Waals surface area contributed by atoms with Crippen molar-refractivity contribution >= 4 is 11.7 Å². The normalized spacial score (nSPS) is 18.1. The predicted molar refractivity (Wildman–Crippen MR) is 81.5 cm³/mol. The number of Topliss-reactive ketones (excluding diaryl/α,β-unsaturated/α-hetero) is 1. The third-order valence-corrected chi connectivity index (χ3v) is 3.83. The Morgan fingerprint density at radius 1 is 1.33 bits per heavy atom. The van der Waals surface area contributed by atoms with Crippen LogP contribution in [0.5, 0.6) is 5.75 Å². The van der Waals surface area contributed by atoms with Gasteiger partial charge in [-0.1, -0.05) is 26.0 Å². The number of para-hydroxylation sites is 1. The number of hydrogen-bond donors (Lipinski definition) is 0. The molecule has 0 N–H and O–H groups in total. The van der Waals surface area contributed by atoms with E-state index >= 15 is 0 Å². The molecule has 2 rings (SSSR count). The van der Waals surface area contributed by atoms with Gasteiger partial charge in [-0.15, -0.1) is 0 Å². The Labute approximate surface area is 126 Å². The van der Waals surface area contributed by atoms with Crippen LogP contribution in [0.4, 0.5) is 0 Å². The summed E-state index contributed by atoms with van der Waals surface area (Å²) in [5.41, 5.74) is 0.544. The van der Waals surface area contributed by atoms with Crippen molar-refractivity contribution in [3.8, 4) is 5.75 Å². The van der Waals surface area contributed by atoms with Crippen molar-refractivity contribution in [1.82, 2.24) is 4.90 Å². The zero-order chi connectivity index (χ0) is 15.4. The van der Waals surface area contributed by atoms with Crippen molar-refractivity contribution in [2.45, 2.75) is 39.7 Å². The van der Waals surface area contributed by atoms with E-state index < -0.39 is 0 Å². The molecule has 114 valence electrons. The van der Waals surface area contributed by atoms with Crippen molar-refractivity contribution < 1.29 is 14.3 Å². The quantitative estimate of drug-likeness (QED) is 0.837. The fourth-order valence-corrected chi connectivity index (χ4v) is 2.77. The van der Waals surface area contributed by atoms with Gasteiger partial charge >= 0.3 is 0 Å². The van der Waals surface area contributed by atoms with Crippen LogP contribution in [0, 0.1) is 5.92 Å². The zero-order valence-electron chi connectivity index (χ0n) is 13.0. The van der Waals surface area contributed by atoms with Gasteiger partial charge in [-0.25, -0.2) is 0 Å². The lowest BCUT2D eigenvalue weighted by Crippen LogP contribution is -2.42. The molecule has 1 aliphatic heterocycles. The minimum atomic E-state index is -0.285. The van der Waals surface area contributed by atoms with Crippen LogP contribution in [-0.2, 0) is 4.79 Å². The molecule has 1 saturated heterocycles. The molecule has 1 aliphatic rings. The summed E-state index contributed by atoms with van der Waals surface area (Å²) in [5, 5.41) is 0. The third-order valence-electron chi connectivity index (χ3n) is 3.83. The molecule has 1 amide bonds. The number of carbonyl (C=O) groups is 2. The Hall–Kier alpha value is -1.84. The SMILES string of the molecule is CCOc1ccccc1C(=O)N1CCC[C@H]1C(=O)C(C)C. The third kappa shape index (κ3) is 3.26. The zero-order valence-corrected chi connectivity index (χ0v) is 13.0. The van der Waals surface area contributed by atoms with E-state index in [1.807, 2.05) is 32.9 Å². The van der Waals surface area contributed by atoms with Gasteiger partial charge in [-0.2, -0.15) is 0 Å². The van der Waals surface area contributed by atoms with E-state index in [4.69, 9.17) is 4.74 Å². The molecule has 0 radical (unpaired) electrons. The summed E-state index contributed by atoms with van der Waals surface area (Å²) in [4.78, 5) is 26.8. The van der Waals surface area contributed by atoms with Gasteiger partial charge in [0.05, 0.1) is 18.2 Å². The highest BCUT2D eigenvalue weighted by atomic mass is 16.5. The summed E-state index contributed by atoms with van der Waals surface area (Å²) in [6, 6.07) is 6.95. The molecule has 1 atom stereocenters. The lowest BCUT2D eigenvalue weighted by molar-refractivity contribution is -0.125. The van der Waals surface area contributed by atoms with Crippen LogP contribution in [0.25, 0.3) is 0 Å². The predicted octanol–water partition coefficient (Wildman–Crippen LogP) is 2.92. The summed E-state index contributed by atoms with van der Waals surface area (Å²) in [5.74, 6) is 0.587. The molecule has 0 bridgehead atoms. The largest absolute Gasteiger partial charge is 0.493 e. The van der Waals surface area contributed by atoms with E-state index in [2.05, 4.69) is 0 Å². The van der Waals surface area contributed by atoms with Gasteiger partial charge in [0, 0.05) is 12.5 Å². The monoisotopic (exact) mass is 289 g/mol. The van der Waals surface area contributed by atoms with E-state index in [1.54, 1.807) is 17.0 Å². The average molecular weight is 289 g/mol. The molecule has 0 aromatic heterocycles. The molecule has 0 unspecified atom stereocenters. The van der Waals surface area contributed by atoms with Crippen molar-refractivity contribution in [3.05, 3.63) is 29.8 Å². The van der Waals surface area contributed by atoms with Crippen LogP contribution in [0.2, 0.25) is 0 Å². The Bertz CT molecular complexity index is 525. The first-order valence-electron chi connectivity index (χ1n) is 7.62. The molecule has 0 spiro atoms. The summed E-state index contributed by atoms with van der Waals surface area (Å²) in [7, 11) is 0. The number of nitrogens with zero attached hydrogens (tertiary/aromatic N) is 1. The minimum absolute atomic E-state index is 0.0504. The number of rotatable bonds is 5. The number of carbonyl (C=O) groups excluding carboxylic acids is 2. The second-order valence-corrected chi connectivity index (χ2v) is 5.64. The van der Waals surface area contributed by atoms with Gasteiger partial charge in [0.15, 0.2) is 5.78 Å². The number of likely N-dealkylation sites (tertiary alicyclic amines) is 1. The van der Waals surface area contributed by atoms with Gasteiger partial charge in [0.2, 0.25) is 0 Å². The van der Waals surface area contributed by atoms with Crippen LogP contribution >= 0.6 is 0 Å². The molecule has 4 heteroatoms. The molecule has 1 aromatic carbocycles. The molecule has 1 fully saturated rings. The van der Waals surface area contributed by atoms with Crippen LogP contribution in [-0.4, -0.2) is 35.8 Å². The number of ketones is 1. The van der Waals surface area contributed by atoms with Gasteiger partial charge in [-0.05, 0) is 31.9 Å². The van der Waals surface area contributed by atoms with Crippen molar-refractivity contribution in [2.24, 2.45) is 5.92 Å². The number of benzene rings is 1. The number of hydrogen-bond acceptors (Lipinski definition) is 3.